The Labute approximate surface area is 159 Å². The molecule has 1 aliphatic rings. The van der Waals surface area contributed by atoms with Gasteiger partial charge in [0.25, 0.3) is 5.91 Å². The van der Waals surface area contributed by atoms with Gasteiger partial charge in [-0.2, -0.15) is 0 Å². The second-order valence-electron chi connectivity index (χ2n) is 5.63. The van der Waals surface area contributed by atoms with Crippen LogP contribution in [-0.4, -0.2) is 28.6 Å². The number of carbonyl (C=O) groups excluding carboxylic acids is 2. The number of nitrogens with one attached hydrogen (secondary N) is 1. The first kappa shape index (κ1) is 18.0. The Morgan fingerprint density at radius 1 is 1.19 bits per heavy atom. The molecule has 3 rings (SSSR count). The Morgan fingerprint density at radius 3 is 2.62 bits per heavy atom. The summed E-state index contributed by atoms with van der Waals surface area (Å²) in [6.07, 6.45) is 1.44. The Balaban J connectivity index is 1.83. The summed E-state index contributed by atoms with van der Waals surface area (Å²) in [6, 6.07) is 11.9. The topological polar surface area (TPSA) is 78.9 Å². The van der Waals surface area contributed by atoms with E-state index in [9.17, 15) is 14.7 Å². The molecule has 0 saturated carbocycles. The van der Waals surface area contributed by atoms with Crippen molar-refractivity contribution in [3.8, 4) is 11.5 Å². The molecule has 6 nitrogen and oxygen atoms in total. The van der Waals surface area contributed by atoms with E-state index in [-0.39, 0.29) is 18.0 Å². The highest BCUT2D eigenvalue weighted by Gasteiger charge is 2.33. The van der Waals surface area contributed by atoms with Crippen LogP contribution in [-0.2, 0) is 11.3 Å². The van der Waals surface area contributed by atoms with Gasteiger partial charge in [0.15, 0.2) is 11.5 Å². The van der Waals surface area contributed by atoms with Gasteiger partial charge in [0.1, 0.15) is 5.70 Å². The molecule has 2 N–H and O–H groups in total. The van der Waals surface area contributed by atoms with Crippen LogP contribution in [0, 0.1) is 0 Å². The van der Waals surface area contributed by atoms with Crippen LogP contribution in [0.4, 0.5) is 4.79 Å². The van der Waals surface area contributed by atoms with Gasteiger partial charge in [0.05, 0.1) is 13.2 Å². The van der Waals surface area contributed by atoms with Crippen LogP contribution in [0.2, 0.25) is 0 Å². The molecular formula is C19H17BrN2O4. The average Bonchev–Trinajstić information content (AvgIpc) is 2.88. The summed E-state index contributed by atoms with van der Waals surface area (Å²) in [4.78, 5) is 25.9. The molecule has 0 atom stereocenters. The number of benzene rings is 2. The quantitative estimate of drug-likeness (QED) is 0.575. The van der Waals surface area contributed by atoms with Crippen LogP contribution >= 0.6 is 15.9 Å². The van der Waals surface area contributed by atoms with Crippen molar-refractivity contribution in [2.45, 2.75) is 13.5 Å². The molecule has 7 heteroatoms. The van der Waals surface area contributed by atoms with Gasteiger partial charge in [-0.25, -0.2) is 4.79 Å². The number of imide groups is 1. The van der Waals surface area contributed by atoms with Crippen LogP contribution < -0.4 is 10.1 Å². The van der Waals surface area contributed by atoms with Crippen LogP contribution in [0.15, 0.2) is 52.6 Å². The molecule has 2 aromatic rings. The van der Waals surface area contributed by atoms with Gasteiger partial charge >= 0.3 is 6.03 Å². The minimum Gasteiger partial charge on any atom is -0.504 e. The van der Waals surface area contributed by atoms with Gasteiger partial charge < -0.3 is 15.2 Å². The molecule has 0 aromatic heterocycles. The monoisotopic (exact) mass is 416 g/mol. The molecule has 2 aromatic carbocycles. The maximum absolute atomic E-state index is 12.6. The Hall–Kier alpha value is -2.80. The Kier molecular flexibility index (Phi) is 5.27. The largest absolute Gasteiger partial charge is 0.504 e. The van der Waals surface area contributed by atoms with Crippen molar-refractivity contribution >= 4 is 33.9 Å². The number of nitrogens with zero attached hydrogens (tertiary/aromatic N) is 1. The standard InChI is InChI=1S/C19H17BrN2O4/c1-2-26-16-5-3-4-13(17(16)23)10-15-18(24)22(19(25)21-15)11-12-6-8-14(20)9-7-12/h3-10,23H,2,11H2,1H3,(H,21,25)/b15-10-. The molecular weight excluding hydrogens is 400 g/mol. The summed E-state index contributed by atoms with van der Waals surface area (Å²) in [6.45, 7) is 2.38. The second kappa shape index (κ2) is 7.61. The fraction of sp³-hybridized carbons (Fsp3) is 0.158. The van der Waals surface area contributed by atoms with E-state index in [0.29, 0.717) is 17.9 Å². The zero-order chi connectivity index (χ0) is 18.7. The lowest BCUT2D eigenvalue weighted by Gasteiger charge is -2.11. The molecule has 1 saturated heterocycles. The number of hydrogen-bond acceptors (Lipinski definition) is 4. The summed E-state index contributed by atoms with van der Waals surface area (Å²) in [7, 11) is 0. The predicted molar refractivity (Wildman–Crippen MR) is 100 cm³/mol. The van der Waals surface area contributed by atoms with E-state index in [1.54, 1.807) is 18.2 Å². The Bertz CT molecular complexity index is 878. The summed E-state index contributed by atoms with van der Waals surface area (Å²) in [5.74, 6) is -0.195. The van der Waals surface area contributed by atoms with Gasteiger partial charge in [-0.3, -0.25) is 9.69 Å². The van der Waals surface area contributed by atoms with Crippen molar-refractivity contribution in [3.63, 3.8) is 0 Å². The van der Waals surface area contributed by atoms with Crippen LogP contribution in [0.1, 0.15) is 18.1 Å². The molecule has 134 valence electrons. The summed E-state index contributed by atoms with van der Waals surface area (Å²) >= 11 is 3.35. The average molecular weight is 417 g/mol. The number of hydrogen-bond donors (Lipinski definition) is 2. The van der Waals surface area contributed by atoms with Crippen molar-refractivity contribution < 1.29 is 19.4 Å². The molecule has 0 spiro atoms. The van der Waals surface area contributed by atoms with Crippen LogP contribution in [0.3, 0.4) is 0 Å². The van der Waals surface area contributed by atoms with Crippen molar-refractivity contribution in [3.05, 3.63) is 63.8 Å². The third-order valence-electron chi connectivity index (χ3n) is 3.85. The number of phenolic OH excluding ortho intramolecular Hbond substituents is 1. The minimum atomic E-state index is -0.496. The molecule has 26 heavy (non-hydrogen) atoms. The summed E-state index contributed by atoms with van der Waals surface area (Å²) in [5, 5.41) is 12.8. The maximum atomic E-state index is 12.6. The number of urea groups is 1. The number of rotatable bonds is 5. The van der Waals surface area contributed by atoms with E-state index >= 15 is 0 Å². The molecule has 3 amide bonds. The van der Waals surface area contributed by atoms with Crippen molar-refractivity contribution in [2.75, 3.05) is 6.61 Å². The number of para-hydroxylation sites is 1. The number of amides is 3. The van der Waals surface area contributed by atoms with Crippen molar-refractivity contribution in [1.29, 1.82) is 0 Å². The minimum absolute atomic E-state index is 0.0738. The van der Waals surface area contributed by atoms with E-state index in [2.05, 4.69) is 21.2 Å². The van der Waals surface area contributed by atoms with E-state index in [1.165, 1.54) is 6.08 Å². The maximum Gasteiger partial charge on any atom is 0.329 e. The fourth-order valence-corrected chi connectivity index (χ4v) is 2.84. The van der Waals surface area contributed by atoms with E-state index in [1.807, 2.05) is 31.2 Å². The first-order chi connectivity index (χ1) is 12.5. The molecule has 0 radical (unpaired) electrons. The first-order valence-electron chi connectivity index (χ1n) is 8.03. The molecule has 0 aliphatic carbocycles. The lowest BCUT2D eigenvalue weighted by molar-refractivity contribution is -0.123. The van der Waals surface area contributed by atoms with E-state index in [0.717, 1.165) is 14.9 Å². The zero-order valence-corrected chi connectivity index (χ0v) is 15.6. The molecule has 1 fully saturated rings. The van der Waals surface area contributed by atoms with Crippen molar-refractivity contribution in [1.82, 2.24) is 10.2 Å². The predicted octanol–water partition coefficient (Wildman–Crippen LogP) is 3.65. The van der Waals surface area contributed by atoms with E-state index in [4.69, 9.17) is 4.74 Å². The highest BCUT2D eigenvalue weighted by Crippen LogP contribution is 2.31. The van der Waals surface area contributed by atoms with Gasteiger partial charge in [-0.1, -0.05) is 40.2 Å². The zero-order valence-electron chi connectivity index (χ0n) is 14.0. The lowest BCUT2D eigenvalue weighted by atomic mass is 10.1. The van der Waals surface area contributed by atoms with Crippen molar-refractivity contribution in [2.24, 2.45) is 0 Å². The van der Waals surface area contributed by atoms with Crippen LogP contribution in [0.5, 0.6) is 11.5 Å². The van der Waals surface area contributed by atoms with E-state index < -0.39 is 11.9 Å². The number of ether oxygens (including phenoxy) is 1. The Morgan fingerprint density at radius 2 is 1.92 bits per heavy atom. The molecule has 1 heterocycles. The highest BCUT2D eigenvalue weighted by atomic mass is 79.9. The smallest absolute Gasteiger partial charge is 0.329 e. The molecule has 0 unspecified atom stereocenters. The second-order valence-corrected chi connectivity index (χ2v) is 6.55. The number of aromatic hydroxyl groups is 1. The van der Waals surface area contributed by atoms with Gasteiger partial charge in [-0.15, -0.1) is 0 Å². The van der Waals surface area contributed by atoms with Gasteiger partial charge in [0, 0.05) is 10.0 Å². The van der Waals surface area contributed by atoms with Gasteiger partial charge in [0.2, 0.25) is 0 Å². The lowest BCUT2D eigenvalue weighted by Crippen LogP contribution is -2.30. The SMILES string of the molecule is CCOc1cccc(/C=C2\NC(=O)N(Cc3ccc(Br)cc3)C2=O)c1O. The summed E-state index contributed by atoms with van der Waals surface area (Å²) < 4.78 is 6.25. The third kappa shape index (κ3) is 3.72. The third-order valence-corrected chi connectivity index (χ3v) is 4.37. The number of halogens is 1. The highest BCUT2D eigenvalue weighted by molar-refractivity contribution is 9.10. The number of carbonyl (C=O) groups is 2. The first-order valence-corrected chi connectivity index (χ1v) is 8.82. The van der Waals surface area contributed by atoms with Crippen LogP contribution in [0.25, 0.3) is 6.08 Å². The fourth-order valence-electron chi connectivity index (χ4n) is 2.57. The normalized spacial score (nSPS) is 15.5. The van der Waals surface area contributed by atoms with Gasteiger partial charge in [-0.05, 0) is 36.8 Å². The summed E-state index contributed by atoms with van der Waals surface area (Å²) in [5.41, 5.74) is 1.33. The molecule has 0 bridgehead atoms. The number of phenols is 1. The molecule has 1 aliphatic heterocycles.